The fourth-order valence-corrected chi connectivity index (χ4v) is 3.50. The van der Waals surface area contributed by atoms with Gasteiger partial charge in [-0.1, -0.05) is 20.8 Å². The zero-order valence-corrected chi connectivity index (χ0v) is 18.4. The molecule has 1 saturated heterocycles. The van der Waals surface area contributed by atoms with Gasteiger partial charge >= 0.3 is 6.01 Å². The van der Waals surface area contributed by atoms with Crippen molar-refractivity contribution in [2.24, 2.45) is 5.41 Å². The largest absolute Gasteiger partial charge is 0.463 e. The number of carbonyl (C=O) groups excluding carboxylic acids is 1. The summed E-state index contributed by atoms with van der Waals surface area (Å²) < 4.78 is 11.1. The monoisotopic (exact) mass is 429 g/mol. The number of amides is 1. The second kappa shape index (κ2) is 7.84. The lowest BCUT2D eigenvalue weighted by atomic mass is 9.93. The molecule has 0 aromatic carbocycles. The lowest BCUT2D eigenvalue weighted by Gasteiger charge is -2.28. The Balaban J connectivity index is 1.80. The maximum atomic E-state index is 12.0. The molecule has 0 bridgehead atoms. The van der Waals surface area contributed by atoms with Crippen molar-refractivity contribution in [3.05, 3.63) is 17.1 Å². The van der Waals surface area contributed by atoms with Crippen molar-refractivity contribution in [2.75, 3.05) is 19.7 Å². The summed E-state index contributed by atoms with van der Waals surface area (Å²) in [5, 5.41) is 22.9. The van der Waals surface area contributed by atoms with E-state index in [9.17, 15) is 4.79 Å². The van der Waals surface area contributed by atoms with Gasteiger partial charge in [-0.15, -0.1) is 15.3 Å². The minimum atomic E-state index is -0.725. The summed E-state index contributed by atoms with van der Waals surface area (Å²) in [6, 6.07) is 0.207. The summed E-state index contributed by atoms with van der Waals surface area (Å²) in [4.78, 5) is 22.7. The van der Waals surface area contributed by atoms with Crippen LogP contribution < -0.4 is 15.4 Å². The van der Waals surface area contributed by atoms with E-state index in [1.54, 1.807) is 6.92 Å². The lowest BCUT2D eigenvalue weighted by Crippen LogP contribution is -2.47. The first-order chi connectivity index (χ1) is 14.7. The topological polar surface area (TPSA) is 146 Å². The molecule has 1 amide bonds. The molecule has 0 aliphatic carbocycles. The van der Waals surface area contributed by atoms with Gasteiger partial charge in [-0.2, -0.15) is 14.8 Å². The molecule has 4 heterocycles. The number of rotatable bonds is 6. The smallest absolute Gasteiger partial charge is 0.318 e. The molecule has 3 aromatic heterocycles. The summed E-state index contributed by atoms with van der Waals surface area (Å²) in [7, 11) is 0. The van der Waals surface area contributed by atoms with Gasteiger partial charge in [0.2, 0.25) is 11.6 Å². The van der Waals surface area contributed by atoms with Gasteiger partial charge in [0.15, 0.2) is 11.3 Å². The molecule has 3 aromatic rings. The van der Waals surface area contributed by atoms with Crippen LogP contribution in [-0.2, 0) is 16.9 Å². The highest BCUT2D eigenvalue weighted by atomic mass is 16.5. The van der Waals surface area contributed by atoms with Gasteiger partial charge in [0.05, 0.1) is 12.1 Å². The molecule has 0 spiro atoms. The molecule has 1 atom stereocenters. The second-order valence-corrected chi connectivity index (χ2v) is 9.08. The molecule has 1 fully saturated rings. The SMILES string of the molecule is CC(=O)N[C@@]1(c2nc(OCC(C)(C)C)nc3nn(Cc4onnc4C)nc23)CCNC1. The fourth-order valence-electron chi connectivity index (χ4n) is 3.50. The molecule has 1 aliphatic rings. The van der Waals surface area contributed by atoms with Crippen LogP contribution in [0.1, 0.15) is 51.3 Å². The average Bonchev–Trinajstić information content (AvgIpc) is 3.39. The van der Waals surface area contributed by atoms with Crippen LogP contribution >= 0.6 is 0 Å². The minimum absolute atomic E-state index is 0.0723. The summed E-state index contributed by atoms with van der Waals surface area (Å²) in [6.45, 7) is 11.4. The molecule has 1 aliphatic heterocycles. The zero-order chi connectivity index (χ0) is 22.2. The number of hydrogen-bond acceptors (Lipinski definition) is 10. The molecule has 2 N–H and O–H groups in total. The van der Waals surface area contributed by atoms with Gasteiger partial charge in [-0.3, -0.25) is 4.79 Å². The van der Waals surface area contributed by atoms with E-state index in [0.29, 0.717) is 47.9 Å². The Labute approximate surface area is 179 Å². The summed E-state index contributed by atoms with van der Waals surface area (Å²) in [5.41, 5.74) is 1.34. The van der Waals surface area contributed by atoms with Gasteiger partial charge in [0.25, 0.3) is 0 Å². The predicted octanol–water partition coefficient (Wildman–Crippen LogP) is 0.711. The van der Waals surface area contributed by atoms with Gasteiger partial charge in [0, 0.05) is 18.7 Å². The quantitative estimate of drug-likeness (QED) is 0.574. The molecule has 31 heavy (non-hydrogen) atoms. The number of fused-ring (bicyclic) bond motifs is 1. The van der Waals surface area contributed by atoms with Gasteiger partial charge in [-0.05, 0) is 25.3 Å². The molecule has 0 saturated carbocycles. The Bertz CT molecular complexity index is 1090. The Morgan fingerprint density at radius 3 is 2.74 bits per heavy atom. The average molecular weight is 429 g/mol. The van der Waals surface area contributed by atoms with Crippen LogP contribution in [0.3, 0.4) is 0 Å². The Kier molecular flexibility index (Phi) is 5.33. The van der Waals surface area contributed by atoms with Crippen LogP contribution in [0, 0.1) is 12.3 Å². The highest BCUT2D eigenvalue weighted by Crippen LogP contribution is 2.32. The fraction of sp³-hybridized carbons (Fsp3) is 0.632. The van der Waals surface area contributed by atoms with E-state index < -0.39 is 5.54 Å². The van der Waals surface area contributed by atoms with Crippen molar-refractivity contribution in [1.29, 1.82) is 0 Å². The molecule has 12 nitrogen and oxygen atoms in total. The first kappa shape index (κ1) is 21.1. The van der Waals surface area contributed by atoms with Crippen molar-refractivity contribution in [3.8, 4) is 6.01 Å². The summed E-state index contributed by atoms with van der Waals surface area (Å²) in [6.07, 6.45) is 0.662. The molecule has 12 heteroatoms. The highest BCUT2D eigenvalue weighted by Gasteiger charge is 2.41. The van der Waals surface area contributed by atoms with Crippen LogP contribution in [0.2, 0.25) is 0 Å². The van der Waals surface area contributed by atoms with Crippen LogP contribution in [0.5, 0.6) is 6.01 Å². The molecule has 0 radical (unpaired) electrons. The number of ether oxygens (including phenoxy) is 1. The third kappa shape index (κ3) is 4.48. The number of aryl methyl sites for hydroxylation is 1. The first-order valence-electron chi connectivity index (χ1n) is 10.2. The van der Waals surface area contributed by atoms with E-state index in [-0.39, 0.29) is 23.9 Å². The Morgan fingerprint density at radius 1 is 1.32 bits per heavy atom. The normalized spacial score (nSPS) is 19.1. The van der Waals surface area contributed by atoms with Gasteiger partial charge in [0.1, 0.15) is 17.9 Å². The van der Waals surface area contributed by atoms with E-state index in [2.05, 4.69) is 61.9 Å². The maximum Gasteiger partial charge on any atom is 0.318 e. The molecular formula is C19H27N9O3. The van der Waals surface area contributed by atoms with Crippen molar-refractivity contribution in [3.63, 3.8) is 0 Å². The van der Waals surface area contributed by atoms with Crippen LogP contribution in [0.25, 0.3) is 11.2 Å². The van der Waals surface area contributed by atoms with Crippen LogP contribution in [0.15, 0.2) is 4.52 Å². The zero-order valence-electron chi connectivity index (χ0n) is 18.4. The van der Waals surface area contributed by atoms with Crippen molar-refractivity contribution >= 4 is 17.1 Å². The summed E-state index contributed by atoms with van der Waals surface area (Å²) >= 11 is 0. The lowest BCUT2D eigenvalue weighted by molar-refractivity contribution is -0.120. The molecular weight excluding hydrogens is 402 g/mol. The predicted molar refractivity (Wildman–Crippen MR) is 109 cm³/mol. The molecule has 0 unspecified atom stereocenters. The number of aromatic nitrogens is 7. The Hall–Kier alpha value is -3.15. The van der Waals surface area contributed by atoms with Gasteiger partial charge < -0.3 is 19.9 Å². The van der Waals surface area contributed by atoms with E-state index in [4.69, 9.17) is 9.26 Å². The van der Waals surface area contributed by atoms with Crippen LogP contribution in [-0.4, -0.2) is 60.9 Å². The first-order valence-corrected chi connectivity index (χ1v) is 10.2. The van der Waals surface area contributed by atoms with Crippen molar-refractivity contribution < 1.29 is 14.1 Å². The highest BCUT2D eigenvalue weighted by molar-refractivity contribution is 5.78. The third-order valence-corrected chi connectivity index (χ3v) is 4.96. The molecule has 166 valence electrons. The second-order valence-electron chi connectivity index (χ2n) is 9.08. The maximum absolute atomic E-state index is 12.0. The van der Waals surface area contributed by atoms with E-state index >= 15 is 0 Å². The minimum Gasteiger partial charge on any atom is -0.463 e. The summed E-state index contributed by atoms with van der Waals surface area (Å²) in [5.74, 6) is 0.404. The van der Waals surface area contributed by atoms with Crippen molar-refractivity contribution in [2.45, 2.75) is 53.1 Å². The van der Waals surface area contributed by atoms with E-state index in [1.165, 1.54) is 11.7 Å². The van der Waals surface area contributed by atoms with Crippen LogP contribution in [0.4, 0.5) is 0 Å². The number of hydrogen-bond donors (Lipinski definition) is 2. The van der Waals surface area contributed by atoms with Crippen molar-refractivity contribution in [1.82, 2.24) is 46.0 Å². The standard InChI is InChI=1S/C19H27N9O3/c1-11-13(31-27-24-11)8-28-25-14-15(19(23-12(2)29)6-7-20-9-19)21-17(22-16(14)26-28)30-10-18(3,4)5/h20H,6-10H2,1-5H3,(H,23,29)/t19-/m0/s1. The van der Waals surface area contributed by atoms with Gasteiger partial charge in [-0.25, -0.2) is 0 Å². The Morgan fingerprint density at radius 2 is 2.13 bits per heavy atom. The molecule has 4 rings (SSSR count). The third-order valence-electron chi connectivity index (χ3n) is 4.96. The van der Waals surface area contributed by atoms with E-state index in [0.717, 1.165) is 6.54 Å². The number of nitrogens with one attached hydrogen (secondary N) is 2. The number of nitrogens with zero attached hydrogens (tertiary/aromatic N) is 7. The number of carbonyl (C=O) groups is 1. The van der Waals surface area contributed by atoms with E-state index in [1.807, 2.05) is 0 Å².